The van der Waals surface area contributed by atoms with Crippen LogP contribution in [0.15, 0.2) is 36.4 Å². The van der Waals surface area contributed by atoms with Crippen molar-refractivity contribution < 1.29 is 9.53 Å². The zero-order valence-corrected chi connectivity index (χ0v) is 9.26. The molecule has 2 rings (SSSR count). The lowest BCUT2D eigenvalue weighted by Gasteiger charge is -2.06. The van der Waals surface area contributed by atoms with Gasteiger partial charge in [-0.3, -0.25) is 4.79 Å². The van der Waals surface area contributed by atoms with Crippen LogP contribution in [0, 0.1) is 0 Å². The van der Waals surface area contributed by atoms with Crippen LogP contribution < -0.4 is 0 Å². The van der Waals surface area contributed by atoms with Crippen molar-refractivity contribution >= 4 is 11.9 Å². The molecule has 0 aliphatic heterocycles. The van der Waals surface area contributed by atoms with Gasteiger partial charge in [0.15, 0.2) is 0 Å². The molecule has 2 nitrogen and oxygen atoms in total. The van der Waals surface area contributed by atoms with Crippen LogP contribution in [0.4, 0.5) is 0 Å². The fourth-order valence-electron chi connectivity index (χ4n) is 1.86. The molecular formula is C14H16O2. The highest BCUT2D eigenvalue weighted by atomic mass is 16.5. The summed E-state index contributed by atoms with van der Waals surface area (Å²) < 4.78 is 5.59. The van der Waals surface area contributed by atoms with Crippen LogP contribution >= 0.6 is 0 Å². The SMILES string of the molecule is O=C1CCC(OCC=Cc2ccccc2)C1. The monoisotopic (exact) mass is 216 g/mol. The standard InChI is InChI=1S/C14H16O2/c15-13-8-9-14(11-13)16-10-4-7-12-5-2-1-3-6-12/h1-7,14H,8-11H2. The molecule has 1 aliphatic rings. The van der Waals surface area contributed by atoms with E-state index in [9.17, 15) is 4.79 Å². The number of hydrogen-bond donors (Lipinski definition) is 0. The molecule has 1 aliphatic carbocycles. The van der Waals surface area contributed by atoms with E-state index in [1.54, 1.807) is 0 Å². The number of ketones is 1. The van der Waals surface area contributed by atoms with Gasteiger partial charge in [-0.15, -0.1) is 0 Å². The topological polar surface area (TPSA) is 26.3 Å². The second kappa shape index (κ2) is 5.61. The Morgan fingerprint density at radius 1 is 1.31 bits per heavy atom. The molecule has 16 heavy (non-hydrogen) atoms. The number of hydrogen-bond acceptors (Lipinski definition) is 2. The van der Waals surface area contributed by atoms with E-state index >= 15 is 0 Å². The summed E-state index contributed by atoms with van der Waals surface area (Å²) in [7, 11) is 0. The van der Waals surface area contributed by atoms with E-state index in [-0.39, 0.29) is 6.10 Å². The van der Waals surface area contributed by atoms with Gasteiger partial charge < -0.3 is 4.74 Å². The maximum absolute atomic E-state index is 11.0. The maximum atomic E-state index is 11.0. The highest BCUT2D eigenvalue weighted by molar-refractivity contribution is 5.81. The second-order valence-electron chi connectivity index (χ2n) is 4.05. The van der Waals surface area contributed by atoms with Crippen LogP contribution in [0.2, 0.25) is 0 Å². The van der Waals surface area contributed by atoms with Crippen LogP contribution in [-0.4, -0.2) is 18.5 Å². The Morgan fingerprint density at radius 2 is 2.12 bits per heavy atom. The van der Waals surface area contributed by atoms with Gasteiger partial charge in [0.2, 0.25) is 0 Å². The molecule has 1 fully saturated rings. The van der Waals surface area contributed by atoms with Gasteiger partial charge in [-0.1, -0.05) is 42.5 Å². The molecule has 0 N–H and O–H groups in total. The molecule has 1 aromatic carbocycles. The summed E-state index contributed by atoms with van der Waals surface area (Å²) in [5, 5.41) is 0. The van der Waals surface area contributed by atoms with E-state index < -0.39 is 0 Å². The van der Waals surface area contributed by atoms with E-state index in [1.165, 1.54) is 5.56 Å². The molecule has 0 spiro atoms. The van der Waals surface area contributed by atoms with Crippen LogP contribution in [0.1, 0.15) is 24.8 Å². The van der Waals surface area contributed by atoms with Gasteiger partial charge in [0.05, 0.1) is 12.7 Å². The first kappa shape index (κ1) is 11.1. The van der Waals surface area contributed by atoms with Crippen LogP contribution in [0.25, 0.3) is 6.08 Å². The molecule has 0 heterocycles. The third-order valence-corrected chi connectivity index (χ3v) is 2.74. The van der Waals surface area contributed by atoms with Gasteiger partial charge in [0.25, 0.3) is 0 Å². The van der Waals surface area contributed by atoms with E-state index in [2.05, 4.69) is 12.1 Å². The number of carbonyl (C=O) groups is 1. The first-order valence-electron chi connectivity index (χ1n) is 5.69. The molecule has 0 aromatic heterocycles. The Kier molecular flexibility index (Phi) is 3.89. The number of rotatable bonds is 4. The maximum Gasteiger partial charge on any atom is 0.135 e. The molecule has 1 atom stereocenters. The lowest BCUT2D eigenvalue weighted by atomic mass is 10.2. The first-order valence-corrected chi connectivity index (χ1v) is 5.69. The Morgan fingerprint density at radius 3 is 2.81 bits per heavy atom. The highest BCUT2D eigenvalue weighted by Gasteiger charge is 2.21. The smallest absolute Gasteiger partial charge is 0.135 e. The quantitative estimate of drug-likeness (QED) is 0.773. The van der Waals surface area contributed by atoms with E-state index in [0.29, 0.717) is 25.2 Å². The van der Waals surface area contributed by atoms with Crippen molar-refractivity contribution in [1.82, 2.24) is 0 Å². The first-order chi connectivity index (χ1) is 7.84. The molecule has 1 aromatic rings. The fourth-order valence-corrected chi connectivity index (χ4v) is 1.86. The predicted molar refractivity (Wildman–Crippen MR) is 64.1 cm³/mol. The molecule has 0 bridgehead atoms. The fraction of sp³-hybridized carbons (Fsp3) is 0.357. The van der Waals surface area contributed by atoms with Crippen molar-refractivity contribution in [2.75, 3.05) is 6.61 Å². The molecule has 0 saturated heterocycles. The summed E-state index contributed by atoms with van der Waals surface area (Å²) in [6, 6.07) is 10.1. The summed E-state index contributed by atoms with van der Waals surface area (Å²) in [5.41, 5.74) is 1.17. The Bertz CT molecular complexity index is 368. The molecular weight excluding hydrogens is 200 g/mol. The van der Waals surface area contributed by atoms with Gasteiger partial charge in [-0.25, -0.2) is 0 Å². The average Bonchev–Trinajstić information content (AvgIpc) is 2.72. The number of benzene rings is 1. The minimum Gasteiger partial charge on any atom is -0.374 e. The number of Topliss-reactive ketones (excluding diaryl/α,β-unsaturated/α-hetero) is 1. The largest absolute Gasteiger partial charge is 0.374 e. The zero-order chi connectivity index (χ0) is 11.2. The van der Waals surface area contributed by atoms with E-state index in [1.807, 2.05) is 30.4 Å². The molecule has 1 unspecified atom stereocenters. The van der Waals surface area contributed by atoms with Gasteiger partial charge in [0.1, 0.15) is 5.78 Å². The summed E-state index contributed by atoms with van der Waals surface area (Å²) in [6.45, 7) is 0.590. The van der Waals surface area contributed by atoms with Crippen molar-refractivity contribution in [3.05, 3.63) is 42.0 Å². The summed E-state index contributed by atoms with van der Waals surface area (Å²) in [5.74, 6) is 0.331. The minimum atomic E-state index is 0.146. The van der Waals surface area contributed by atoms with Crippen molar-refractivity contribution in [2.45, 2.75) is 25.4 Å². The van der Waals surface area contributed by atoms with Gasteiger partial charge in [-0.05, 0) is 12.0 Å². The summed E-state index contributed by atoms with van der Waals surface area (Å²) >= 11 is 0. The number of carbonyl (C=O) groups excluding carboxylic acids is 1. The Labute approximate surface area is 95.9 Å². The third-order valence-electron chi connectivity index (χ3n) is 2.74. The number of ether oxygens (including phenoxy) is 1. The molecule has 0 amide bonds. The van der Waals surface area contributed by atoms with Crippen molar-refractivity contribution in [1.29, 1.82) is 0 Å². The minimum absolute atomic E-state index is 0.146. The predicted octanol–water partition coefficient (Wildman–Crippen LogP) is 2.84. The molecule has 2 heteroatoms. The van der Waals surface area contributed by atoms with Crippen molar-refractivity contribution in [3.63, 3.8) is 0 Å². The van der Waals surface area contributed by atoms with Gasteiger partial charge in [0, 0.05) is 12.8 Å². The van der Waals surface area contributed by atoms with Gasteiger partial charge >= 0.3 is 0 Å². The second-order valence-corrected chi connectivity index (χ2v) is 4.05. The zero-order valence-electron chi connectivity index (χ0n) is 9.26. The Balaban J connectivity index is 1.72. The van der Waals surface area contributed by atoms with Crippen LogP contribution in [-0.2, 0) is 9.53 Å². The molecule has 84 valence electrons. The Hall–Kier alpha value is -1.41. The summed E-state index contributed by atoms with van der Waals surface area (Å²) in [4.78, 5) is 11.0. The van der Waals surface area contributed by atoms with E-state index in [4.69, 9.17) is 4.74 Å². The van der Waals surface area contributed by atoms with Crippen LogP contribution in [0.3, 0.4) is 0 Å². The normalized spacial score (nSPS) is 20.8. The average molecular weight is 216 g/mol. The summed E-state index contributed by atoms with van der Waals surface area (Å²) in [6.07, 6.45) is 6.35. The van der Waals surface area contributed by atoms with Crippen molar-refractivity contribution in [3.8, 4) is 0 Å². The van der Waals surface area contributed by atoms with Gasteiger partial charge in [-0.2, -0.15) is 0 Å². The van der Waals surface area contributed by atoms with Crippen molar-refractivity contribution in [2.24, 2.45) is 0 Å². The highest BCUT2D eigenvalue weighted by Crippen LogP contribution is 2.17. The lowest BCUT2D eigenvalue weighted by molar-refractivity contribution is -0.118. The lowest BCUT2D eigenvalue weighted by Crippen LogP contribution is -2.08. The van der Waals surface area contributed by atoms with Crippen LogP contribution in [0.5, 0.6) is 0 Å². The third kappa shape index (κ3) is 3.31. The molecule has 1 saturated carbocycles. The molecule has 0 radical (unpaired) electrons. The van der Waals surface area contributed by atoms with E-state index in [0.717, 1.165) is 6.42 Å².